The molecule has 3 N–H and O–H groups in total. The van der Waals surface area contributed by atoms with E-state index in [-0.39, 0.29) is 6.04 Å². The molecule has 4 nitrogen and oxygen atoms in total. The summed E-state index contributed by atoms with van der Waals surface area (Å²) >= 11 is 5.64. The van der Waals surface area contributed by atoms with Gasteiger partial charge >= 0.3 is 0 Å². The molecule has 0 bridgehead atoms. The molecule has 1 aromatic rings. The van der Waals surface area contributed by atoms with Gasteiger partial charge in [-0.05, 0) is 18.6 Å². The predicted molar refractivity (Wildman–Crippen MR) is 63.0 cm³/mol. The first kappa shape index (κ1) is 12.2. The van der Waals surface area contributed by atoms with Crippen molar-refractivity contribution in [3.63, 3.8) is 0 Å². The number of hydrogen-bond donors (Lipinski definition) is 2. The lowest BCUT2D eigenvalue weighted by Crippen LogP contribution is -2.29. The van der Waals surface area contributed by atoms with Crippen molar-refractivity contribution in [3.05, 3.63) is 17.3 Å². The van der Waals surface area contributed by atoms with Crippen LogP contribution in [0.1, 0.15) is 26.2 Å². The van der Waals surface area contributed by atoms with Crippen LogP contribution in [0.2, 0.25) is 5.15 Å². The number of nitrogens with two attached hydrogens (primary N) is 1. The van der Waals surface area contributed by atoms with Crippen LogP contribution in [0, 0.1) is 0 Å². The summed E-state index contributed by atoms with van der Waals surface area (Å²) in [5, 5.41) is 11.3. The van der Waals surface area contributed by atoms with Crippen molar-refractivity contribution in [1.82, 2.24) is 10.2 Å². The number of hydrogen-bond acceptors (Lipinski definition) is 4. The van der Waals surface area contributed by atoms with Crippen LogP contribution in [0.4, 0.5) is 5.82 Å². The van der Waals surface area contributed by atoms with E-state index in [1.54, 1.807) is 6.07 Å². The lowest BCUT2D eigenvalue weighted by atomic mass is 10.1. The van der Waals surface area contributed by atoms with Crippen molar-refractivity contribution in [2.24, 2.45) is 5.73 Å². The molecule has 1 rings (SSSR count). The van der Waals surface area contributed by atoms with Crippen molar-refractivity contribution >= 4 is 17.4 Å². The van der Waals surface area contributed by atoms with E-state index in [4.69, 9.17) is 17.3 Å². The van der Waals surface area contributed by atoms with Crippen LogP contribution < -0.4 is 11.1 Å². The standard InChI is InChI=1S/C10H17ClN4/c1-2-3-4-8(7-12)13-10-6-5-9(11)14-15-10/h5-6,8H,2-4,7,12H2,1H3,(H,13,15). The van der Waals surface area contributed by atoms with E-state index in [1.807, 2.05) is 6.07 Å². The molecule has 0 aliphatic heterocycles. The molecular formula is C10H17ClN4. The summed E-state index contributed by atoms with van der Waals surface area (Å²) in [7, 11) is 0. The van der Waals surface area contributed by atoms with Gasteiger partial charge in [0.25, 0.3) is 0 Å². The minimum Gasteiger partial charge on any atom is -0.365 e. The van der Waals surface area contributed by atoms with Crippen LogP contribution in [-0.2, 0) is 0 Å². The summed E-state index contributed by atoms with van der Waals surface area (Å²) in [6.45, 7) is 2.76. The Bertz CT molecular complexity index is 275. The normalized spacial score (nSPS) is 12.5. The molecule has 1 unspecified atom stereocenters. The predicted octanol–water partition coefficient (Wildman–Crippen LogP) is 2.06. The van der Waals surface area contributed by atoms with Gasteiger partial charge in [0.2, 0.25) is 0 Å². The topological polar surface area (TPSA) is 63.8 Å². The number of nitrogens with zero attached hydrogens (tertiary/aromatic N) is 2. The van der Waals surface area contributed by atoms with Gasteiger partial charge in [0.1, 0.15) is 5.82 Å². The smallest absolute Gasteiger partial charge is 0.151 e. The summed E-state index contributed by atoms with van der Waals surface area (Å²) in [6.07, 6.45) is 3.39. The molecule has 0 saturated carbocycles. The van der Waals surface area contributed by atoms with E-state index in [2.05, 4.69) is 22.4 Å². The highest BCUT2D eigenvalue weighted by Gasteiger charge is 2.06. The number of halogens is 1. The molecule has 1 heterocycles. The molecule has 0 aliphatic carbocycles. The van der Waals surface area contributed by atoms with Crippen LogP contribution in [0.3, 0.4) is 0 Å². The van der Waals surface area contributed by atoms with Crippen LogP contribution in [0.15, 0.2) is 12.1 Å². The zero-order valence-electron chi connectivity index (χ0n) is 8.91. The molecule has 1 atom stereocenters. The second kappa shape index (κ2) is 6.58. The minimum absolute atomic E-state index is 0.264. The van der Waals surface area contributed by atoms with Crippen LogP contribution in [-0.4, -0.2) is 22.8 Å². The maximum absolute atomic E-state index is 5.65. The Morgan fingerprint density at radius 3 is 2.80 bits per heavy atom. The van der Waals surface area contributed by atoms with E-state index < -0.39 is 0 Å². The first-order valence-corrected chi connectivity index (χ1v) is 5.60. The Labute approximate surface area is 95.2 Å². The average Bonchev–Trinajstić information content (AvgIpc) is 2.27. The van der Waals surface area contributed by atoms with Crippen molar-refractivity contribution < 1.29 is 0 Å². The molecule has 0 saturated heterocycles. The second-order valence-corrected chi connectivity index (χ2v) is 3.85. The number of unbranched alkanes of at least 4 members (excludes halogenated alkanes) is 1. The van der Waals surface area contributed by atoms with Gasteiger partial charge in [-0.3, -0.25) is 0 Å². The Morgan fingerprint density at radius 1 is 1.47 bits per heavy atom. The largest absolute Gasteiger partial charge is 0.365 e. The highest BCUT2D eigenvalue weighted by atomic mass is 35.5. The zero-order chi connectivity index (χ0) is 11.1. The first-order valence-electron chi connectivity index (χ1n) is 5.22. The van der Waals surface area contributed by atoms with Crippen LogP contribution >= 0.6 is 11.6 Å². The van der Waals surface area contributed by atoms with Gasteiger partial charge in [-0.1, -0.05) is 31.4 Å². The number of anilines is 1. The summed E-state index contributed by atoms with van der Waals surface area (Å²) in [6, 6.07) is 3.79. The quantitative estimate of drug-likeness (QED) is 0.783. The lowest BCUT2D eigenvalue weighted by molar-refractivity contribution is 0.611. The van der Waals surface area contributed by atoms with E-state index in [0.717, 1.165) is 18.7 Å². The maximum Gasteiger partial charge on any atom is 0.151 e. The molecule has 0 radical (unpaired) electrons. The van der Waals surface area contributed by atoms with E-state index >= 15 is 0 Å². The van der Waals surface area contributed by atoms with Gasteiger partial charge in [0.15, 0.2) is 5.15 Å². The molecule has 1 aromatic heterocycles. The molecule has 84 valence electrons. The van der Waals surface area contributed by atoms with Crippen molar-refractivity contribution in [2.45, 2.75) is 32.2 Å². The first-order chi connectivity index (χ1) is 7.26. The zero-order valence-corrected chi connectivity index (χ0v) is 9.67. The summed E-state index contributed by atoms with van der Waals surface area (Å²) in [5.41, 5.74) is 5.65. The fourth-order valence-corrected chi connectivity index (χ4v) is 1.40. The number of nitrogens with one attached hydrogen (secondary N) is 1. The third-order valence-electron chi connectivity index (χ3n) is 2.17. The third-order valence-corrected chi connectivity index (χ3v) is 2.38. The van der Waals surface area contributed by atoms with Crippen molar-refractivity contribution in [3.8, 4) is 0 Å². The highest BCUT2D eigenvalue weighted by molar-refractivity contribution is 6.29. The van der Waals surface area contributed by atoms with Gasteiger partial charge in [-0.25, -0.2) is 0 Å². The summed E-state index contributed by atoms with van der Waals surface area (Å²) in [4.78, 5) is 0. The molecule has 0 fully saturated rings. The van der Waals surface area contributed by atoms with Crippen molar-refractivity contribution in [2.75, 3.05) is 11.9 Å². The van der Waals surface area contributed by atoms with Crippen LogP contribution in [0.5, 0.6) is 0 Å². The molecular weight excluding hydrogens is 212 g/mol. The lowest BCUT2D eigenvalue weighted by Gasteiger charge is -2.16. The van der Waals surface area contributed by atoms with E-state index in [0.29, 0.717) is 11.7 Å². The van der Waals surface area contributed by atoms with Gasteiger partial charge < -0.3 is 11.1 Å². The molecule has 5 heteroatoms. The summed E-state index contributed by atoms with van der Waals surface area (Å²) in [5.74, 6) is 0.728. The van der Waals surface area contributed by atoms with Crippen LogP contribution in [0.25, 0.3) is 0 Å². The van der Waals surface area contributed by atoms with Crippen molar-refractivity contribution in [1.29, 1.82) is 0 Å². The SMILES string of the molecule is CCCCC(CN)Nc1ccc(Cl)nn1. The van der Waals surface area contributed by atoms with E-state index in [9.17, 15) is 0 Å². The molecule has 0 amide bonds. The Kier molecular flexibility index (Phi) is 5.36. The molecule has 15 heavy (non-hydrogen) atoms. The molecule has 0 aliphatic rings. The molecule has 0 aromatic carbocycles. The second-order valence-electron chi connectivity index (χ2n) is 3.46. The number of rotatable bonds is 6. The monoisotopic (exact) mass is 228 g/mol. The maximum atomic E-state index is 5.65. The molecule has 0 spiro atoms. The number of aromatic nitrogens is 2. The Balaban J connectivity index is 2.47. The highest BCUT2D eigenvalue weighted by Crippen LogP contribution is 2.09. The summed E-state index contributed by atoms with van der Waals surface area (Å²) < 4.78 is 0. The van der Waals surface area contributed by atoms with Gasteiger partial charge in [0, 0.05) is 12.6 Å². The van der Waals surface area contributed by atoms with Gasteiger partial charge in [-0.2, -0.15) is 0 Å². The van der Waals surface area contributed by atoms with Gasteiger partial charge in [0.05, 0.1) is 0 Å². The Morgan fingerprint density at radius 2 is 2.27 bits per heavy atom. The Hall–Kier alpha value is -0.870. The van der Waals surface area contributed by atoms with E-state index in [1.165, 1.54) is 6.42 Å². The average molecular weight is 229 g/mol. The van der Waals surface area contributed by atoms with Gasteiger partial charge in [-0.15, -0.1) is 10.2 Å². The third kappa shape index (κ3) is 4.44. The fraction of sp³-hybridized carbons (Fsp3) is 0.600. The fourth-order valence-electron chi connectivity index (χ4n) is 1.30. The minimum atomic E-state index is 0.264.